The van der Waals surface area contributed by atoms with E-state index in [1.165, 1.54) is 12.1 Å². The number of nitro benzene ring substituents is 1. The molecule has 3 aromatic carbocycles. The van der Waals surface area contributed by atoms with E-state index in [0.29, 0.717) is 47.3 Å². The number of nitro groups is 1. The van der Waals surface area contributed by atoms with Crippen molar-refractivity contribution in [2.45, 2.75) is 12.5 Å². The molecule has 36 heavy (non-hydrogen) atoms. The van der Waals surface area contributed by atoms with Crippen molar-refractivity contribution in [3.63, 3.8) is 0 Å². The fourth-order valence-corrected chi connectivity index (χ4v) is 4.49. The van der Waals surface area contributed by atoms with Crippen molar-refractivity contribution >= 4 is 11.6 Å². The highest BCUT2D eigenvalue weighted by molar-refractivity contribution is 5.95. The van der Waals surface area contributed by atoms with E-state index < -0.39 is 11.0 Å². The molecule has 0 spiro atoms. The van der Waals surface area contributed by atoms with Gasteiger partial charge in [0.15, 0.2) is 23.0 Å². The largest absolute Gasteiger partial charge is 0.493 e. The fourth-order valence-electron chi connectivity index (χ4n) is 4.49. The highest BCUT2D eigenvalue weighted by atomic mass is 16.7. The third-order valence-electron chi connectivity index (χ3n) is 6.34. The monoisotopic (exact) mass is 492 g/mol. The summed E-state index contributed by atoms with van der Waals surface area (Å²) in [5, 5.41) is 11.0. The molecule has 0 bridgehead atoms. The molecule has 5 rings (SSSR count). The lowest BCUT2D eigenvalue weighted by Gasteiger charge is -2.37. The lowest BCUT2D eigenvalue weighted by atomic mass is 9.91. The number of carbonyl (C=O) groups is 1. The molecule has 0 aliphatic carbocycles. The van der Waals surface area contributed by atoms with Gasteiger partial charge in [-0.05, 0) is 60.0 Å². The summed E-state index contributed by atoms with van der Waals surface area (Å²) in [6.45, 7) is 0.720. The van der Waals surface area contributed by atoms with Gasteiger partial charge >= 0.3 is 0 Å². The van der Waals surface area contributed by atoms with Crippen LogP contribution in [-0.4, -0.2) is 49.9 Å². The average molecular weight is 492 g/mol. The standard InChI is InChI=1S/C26H24N2O8/c1-32-23-11-16-9-10-27(26(29)17-3-8-22-25(12-17)36-15-35-22)21(20(16)13-24(23)33-2)14-34-19-6-4-18(5-7-19)28(30)31/h3-8,11-13,21H,9-10,14-15H2,1-2H3. The molecule has 0 aromatic heterocycles. The first-order chi connectivity index (χ1) is 17.5. The zero-order chi connectivity index (χ0) is 25.2. The molecule has 0 saturated heterocycles. The number of hydrogen-bond donors (Lipinski definition) is 0. The molecule has 186 valence electrons. The van der Waals surface area contributed by atoms with E-state index >= 15 is 0 Å². The maximum absolute atomic E-state index is 13.7. The van der Waals surface area contributed by atoms with E-state index in [1.54, 1.807) is 49.5 Å². The Balaban J connectivity index is 1.47. The summed E-state index contributed by atoms with van der Waals surface area (Å²) < 4.78 is 27.8. The van der Waals surface area contributed by atoms with Crippen LogP contribution in [0.1, 0.15) is 27.5 Å². The second-order valence-corrected chi connectivity index (χ2v) is 8.30. The molecular formula is C26H24N2O8. The molecule has 0 N–H and O–H groups in total. The van der Waals surface area contributed by atoms with Crippen molar-refractivity contribution in [3.8, 4) is 28.7 Å². The first-order valence-electron chi connectivity index (χ1n) is 11.3. The fraction of sp³-hybridized carbons (Fsp3) is 0.269. The number of rotatable bonds is 7. The summed E-state index contributed by atoms with van der Waals surface area (Å²) in [7, 11) is 3.14. The van der Waals surface area contributed by atoms with Gasteiger partial charge in [0.1, 0.15) is 12.4 Å². The first-order valence-corrected chi connectivity index (χ1v) is 11.3. The van der Waals surface area contributed by atoms with Crippen LogP contribution in [0, 0.1) is 10.1 Å². The van der Waals surface area contributed by atoms with Crippen LogP contribution in [0.15, 0.2) is 54.6 Å². The van der Waals surface area contributed by atoms with Crippen LogP contribution in [0.5, 0.6) is 28.7 Å². The second kappa shape index (κ2) is 9.65. The van der Waals surface area contributed by atoms with Crippen molar-refractivity contribution in [2.24, 2.45) is 0 Å². The Morgan fingerprint density at radius 3 is 2.47 bits per heavy atom. The number of hydrogen-bond acceptors (Lipinski definition) is 8. The molecule has 0 radical (unpaired) electrons. The highest BCUT2D eigenvalue weighted by Gasteiger charge is 2.34. The number of carbonyl (C=O) groups excluding carboxylic acids is 1. The van der Waals surface area contributed by atoms with Gasteiger partial charge < -0.3 is 28.6 Å². The SMILES string of the molecule is COc1cc2c(cc1OC)C(COc1ccc([N+](=O)[O-])cc1)N(C(=O)c1ccc3c(c1)OCO3)CC2. The molecule has 10 nitrogen and oxygen atoms in total. The Kier molecular flexibility index (Phi) is 6.24. The molecule has 2 aliphatic rings. The smallest absolute Gasteiger partial charge is 0.269 e. The van der Waals surface area contributed by atoms with Gasteiger partial charge in [0.2, 0.25) is 6.79 Å². The van der Waals surface area contributed by atoms with Crippen LogP contribution < -0.4 is 23.7 Å². The molecule has 0 fully saturated rings. The van der Waals surface area contributed by atoms with Gasteiger partial charge in [0, 0.05) is 24.2 Å². The van der Waals surface area contributed by atoms with Crippen molar-refractivity contribution in [1.29, 1.82) is 0 Å². The lowest BCUT2D eigenvalue weighted by molar-refractivity contribution is -0.384. The molecule has 10 heteroatoms. The van der Waals surface area contributed by atoms with Crippen LogP contribution in [0.2, 0.25) is 0 Å². The van der Waals surface area contributed by atoms with Crippen molar-refractivity contribution in [1.82, 2.24) is 4.90 Å². The minimum Gasteiger partial charge on any atom is -0.493 e. The van der Waals surface area contributed by atoms with Gasteiger partial charge in [-0.25, -0.2) is 0 Å². The third-order valence-corrected chi connectivity index (χ3v) is 6.34. The number of benzene rings is 3. The van der Waals surface area contributed by atoms with Crippen LogP contribution >= 0.6 is 0 Å². The van der Waals surface area contributed by atoms with Gasteiger partial charge in [-0.2, -0.15) is 0 Å². The van der Waals surface area contributed by atoms with E-state index in [9.17, 15) is 14.9 Å². The number of ether oxygens (including phenoxy) is 5. The molecule has 3 aromatic rings. The lowest BCUT2D eigenvalue weighted by Crippen LogP contribution is -2.42. The first kappa shape index (κ1) is 23.3. The van der Waals surface area contributed by atoms with Crippen molar-refractivity contribution in [3.05, 3.63) is 81.4 Å². The Morgan fingerprint density at radius 2 is 1.75 bits per heavy atom. The van der Waals surface area contributed by atoms with Crippen LogP contribution in [0.3, 0.4) is 0 Å². The summed E-state index contributed by atoms with van der Waals surface area (Å²) in [6.07, 6.45) is 0.625. The molecule has 1 atom stereocenters. The van der Waals surface area contributed by atoms with Crippen molar-refractivity contribution < 1.29 is 33.4 Å². The van der Waals surface area contributed by atoms with Gasteiger partial charge in [-0.3, -0.25) is 14.9 Å². The summed E-state index contributed by atoms with van der Waals surface area (Å²) in [5.74, 6) is 2.58. The molecule has 1 unspecified atom stereocenters. The van der Waals surface area contributed by atoms with E-state index in [1.807, 2.05) is 12.1 Å². The van der Waals surface area contributed by atoms with E-state index in [2.05, 4.69) is 0 Å². The predicted molar refractivity (Wildman–Crippen MR) is 128 cm³/mol. The quantitative estimate of drug-likeness (QED) is 0.357. The summed E-state index contributed by atoms with van der Waals surface area (Å²) in [4.78, 5) is 25.9. The van der Waals surface area contributed by atoms with Crippen LogP contribution in [0.4, 0.5) is 5.69 Å². The average Bonchev–Trinajstić information content (AvgIpc) is 3.38. The van der Waals surface area contributed by atoms with Gasteiger partial charge in [-0.1, -0.05) is 0 Å². The Hall–Kier alpha value is -4.47. The normalized spacial score (nSPS) is 15.7. The van der Waals surface area contributed by atoms with E-state index in [-0.39, 0.29) is 25.0 Å². The Morgan fingerprint density at radius 1 is 1.03 bits per heavy atom. The number of methoxy groups -OCH3 is 2. The van der Waals surface area contributed by atoms with E-state index in [0.717, 1.165) is 11.1 Å². The van der Waals surface area contributed by atoms with Crippen LogP contribution in [-0.2, 0) is 6.42 Å². The summed E-state index contributed by atoms with van der Waals surface area (Å²) in [5.41, 5.74) is 2.36. The molecule has 2 aliphatic heterocycles. The van der Waals surface area contributed by atoms with Crippen molar-refractivity contribution in [2.75, 3.05) is 34.2 Å². The Labute approximate surface area is 207 Å². The maximum atomic E-state index is 13.7. The molecule has 2 heterocycles. The maximum Gasteiger partial charge on any atom is 0.269 e. The zero-order valence-corrected chi connectivity index (χ0v) is 19.8. The topological polar surface area (TPSA) is 110 Å². The number of nitrogens with zero attached hydrogens (tertiary/aromatic N) is 2. The molecular weight excluding hydrogens is 468 g/mol. The third kappa shape index (κ3) is 4.33. The van der Waals surface area contributed by atoms with Gasteiger partial charge in [0.25, 0.3) is 11.6 Å². The minimum absolute atomic E-state index is 0.0261. The second-order valence-electron chi connectivity index (χ2n) is 8.30. The van der Waals surface area contributed by atoms with Crippen LogP contribution in [0.25, 0.3) is 0 Å². The predicted octanol–water partition coefficient (Wildman–Crippen LogP) is 4.16. The summed E-state index contributed by atoms with van der Waals surface area (Å²) >= 11 is 0. The zero-order valence-electron chi connectivity index (χ0n) is 19.8. The molecule has 0 saturated carbocycles. The summed E-state index contributed by atoms with van der Waals surface area (Å²) in [6, 6.07) is 14.3. The van der Waals surface area contributed by atoms with Gasteiger partial charge in [-0.15, -0.1) is 0 Å². The van der Waals surface area contributed by atoms with E-state index in [4.69, 9.17) is 23.7 Å². The number of amides is 1. The van der Waals surface area contributed by atoms with Gasteiger partial charge in [0.05, 0.1) is 25.2 Å². The minimum atomic E-state index is -0.466. The number of fused-ring (bicyclic) bond motifs is 2. The Bertz CT molecular complexity index is 1310. The molecule has 1 amide bonds. The highest BCUT2D eigenvalue weighted by Crippen LogP contribution is 2.40. The number of non-ortho nitro benzene ring substituents is 1.